The number of hydrogen-bond acceptors (Lipinski definition) is 3. The third kappa shape index (κ3) is 3.06. The lowest BCUT2D eigenvalue weighted by Gasteiger charge is -2.03. The summed E-state index contributed by atoms with van der Waals surface area (Å²) in [6.45, 7) is 4.02. The zero-order valence-corrected chi connectivity index (χ0v) is 14.2. The predicted molar refractivity (Wildman–Crippen MR) is 91.3 cm³/mol. The van der Waals surface area contributed by atoms with Gasteiger partial charge >= 0.3 is 0 Å². The topological polar surface area (TPSA) is 30.0 Å². The minimum atomic E-state index is 0.119. The lowest BCUT2D eigenvalue weighted by Crippen LogP contribution is -2.03. The maximum absolute atomic E-state index is 12.4. The van der Waals surface area contributed by atoms with Gasteiger partial charge in [0, 0.05) is 14.9 Å². The van der Waals surface area contributed by atoms with Crippen molar-refractivity contribution in [3.8, 4) is 0 Å². The highest BCUT2D eigenvalue weighted by Gasteiger charge is 2.12. The Kier molecular flexibility index (Phi) is 3.91. The van der Waals surface area contributed by atoms with E-state index >= 15 is 0 Å². The van der Waals surface area contributed by atoms with Crippen LogP contribution >= 0.6 is 27.3 Å². The van der Waals surface area contributed by atoms with E-state index in [9.17, 15) is 4.79 Å². The number of rotatable bonds is 3. The third-order valence-corrected chi connectivity index (χ3v) is 5.07. The first kappa shape index (κ1) is 14.4. The second-order valence-electron chi connectivity index (χ2n) is 5.06. The molecule has 2 nitrogen and oxygen atoms in total. The highest BCUT2D eigenvalue weighted by Crippen LogP contribution is 2.23. The number of carbonyl (C=O) groups is 1. The Bertz CT molecular complexity index is 818. The molecule has 0 spiro atoms. The van der Waals surface area contributed by atoms with Crippen molar-refractivity contribution in [3.63, 3.8) is 0 Å². The number of hydrogen-bond donors (Lipinski definition) is 0. The van der Waals surface area contributed by atoms with E-state index in [2.05, 4.69) is 27.0 Å². The molecule has 0 aliphatic rings. The normalized spacial score (nSPS) is 11.0. The van der Waals surface area contributed by atoms with Crippen molar-refractivity contribution in [1.29, 1.82) is 0 Å². The van der Waals surface area contributed by atoms with Crippen LogP contribution in [0.25, 0.3) is 10.8 Å². The van der Waals surface area contributed by atoms with Crippen LogP contribution in [0.1, 0.15) is 25.9 Å². The maximum atomic E-state index is 12.4. The molecule has 1 aromatic heterocycles. The Morgan fingerprint density at radius 1 is 1.14 bits per heavy atom. The molecule has 1 heterocycles. The van der Waals surface area contributed by atoms with Crippen molar-refractivity contribution < 1.29 is 4.79 Å². The molecule has 0 N–H and O–H groups in total. The van der Waals surface area contributed by atoms with Crippen LogP contribution in [0.4, 0.5) is 0 Å². The Balaban J connectivity index is 1.89. The summed E-state index contributed by atoms with van der Waals surface area (Å²) in [5, 5.41) is 3.10. The molecule has 0 unspecified atom stereocenters. The van der Waals surface area contributed by atoms with Crippen LogP contribution in [0.2, 0.25) is 0 Å². The number of fused-ring (bicyclic) bond motifs is 1. The molecule has 21 heavy (non-hydrogen) atoms. The molecule has 0 aliphatic carbocycles. The van der Waals surface area contributed by atoms with E-state index in [-0.39, 0.29) is 5.78 Å². The molecule has 0 fully saturated rings. The number of nitrogens with zero attached hydrogens (tertiary/aromatic N) is 1. The lowest BCUT2D eigenvalue weighted by atomic mass is 10.0. The number of halogens is 1. The van der Waals surface area contributed by atoms with Gasteiger partial charge in [0.05, 0.1) is 12.1 Å². The number of carbonyl (C=O) groups excluding carboxylic acids is 1. The van der Waals surface area contributed by atoms with Gasteiger partial charge < -0.3 is 0 Å². The van der Waals surface area contributed by atoms with Gasteiger partial charge in [0.25, 0.3) is 0 Å². The third-order valence-electron chi connectivity index (χ3n) is 3.51. The van der Waals surface area contributed by atoms with E-state index in [0.717, 1.165) is 31.5 Å². The Morgan fingerprint density at radius 3 is 2.57 bits per heavy atom. The zero-order chi connectivity index (χ0) is 15.0. The highest BCUT2D eigenvalue weighted by molar-refractivity contribution is 9.10. The average molecular weight is 360 g/mol. The molecule has 0 amide bonds. The number of ketones is 1. The second-order valence-corrected chi connectivity index (χ2v) is 7.26. The number of thiazole rings is 1. The van der Waals surface area contributed by atoms with E-state index in [0.29, 0.717) is 6.42 Å². The van der Waals surface area contributed by atoms with Crippen LogP contribution in [0.5, 0.6) is 0 Å². The monoisotopic (exact) mass is 359 g/mol. The van der Waals surface area contributed by atoms with Crippen molar-refractivity contribution in [2.45, 2.75) is 20.3 Å². The van der Waals surface area contributed by atoms with Crippen molar-refractivity contribution in [2.75, 3.05) is 0 Å². The smallest absolute Gasteiger partial charge is 0.169 e. The molecular weight excluding hydrogens is 346 g/mol. The van der Waals surface area contributed by atoms with E-state index in [4.69, 9.17) is 0 Å². The summed E-state index contributed by atoms with van der Waals surface area (Å²) in [6.07, 6.45) is 0.376. The van der Waals surface area contributed by atoms with Crippen LogP contribution in [-0.2, 0) is 6.42 Å². The molecule has 0 saturated carbocycles. The minimum Gasteiger partial charge on any atom is -0.294 e. The lowest BCUT2D eigenvalue weighted by molar-refractivity contribution is 0.0993. The zero-order valence-electron chi connectivity index (χ0n) is 11.8. The molecule has 2 aromatic carbocycles. The average Bonchev–Trinajstić information content (AvgIpc) is 2.76. The number of aryl methyl sites for hydroxylation is 2. The Hall–Kier alpha value is -1.52. The summed E-state index contributed by atoms with van der Waals surface area (Å²) in [7, 11) is 0. The molecule has 0 radical (unpaired) electrons. The predicted octanol–water partition coefficient (Wildman–Crippen LogP) is 5.10. The summed E-state index contributed by atoms with van der Waals surface area (Å²) >= 11 is 5.06. The summed E-state index contributed by atoms with van der Waals surface area (Å²) in [4.78, 5) is 18.0. The van der Waals surface area contributed by atoms with Gasteiger partial charge in [-0.15, -0.1) is 11.3 Å². The van der Waals surface area contributed by atoms with Crippen LogP contribution < -0.4 is 0 Å². The Labute approximate surface area is 136 Å². The summed E-state index contributed by atoms with van der Waals surface area (Å²) in [6, 6.07) is 11.9. The maximum Gasteiger partial charge on any atom is 0.169 e. The van der Waals surface area contributed by atoms with Crippen molar-refractivity contribution in [1.82, 2.24) is 4.98 Å². The van der Waals surface area contributed by atoms with Gasteiger partial charge in [-0.25, -0.2) is 4.98 Å². The number of benzene rings is 2. The van der Waals surface area contributed by atoms with Crippen molar-refractivity contribution in [3.05, 3.63) is 62.0 Å². The SMILES string of the molecule is Cc1nc(CC(=O)c2ccc3cc(Br)ccc3c2)sc1C. The van der Waals surface area contributed by atoms with E-state index < -0.39 is 0 Å². The Morgan fingerprint density at radius 2 is 1.86 bits per heavy atom. The van der Waals surface area contributed by atoms with Gasteiger partial charge in [-0.05, 0) is 42.8 Å². The number of Topliss-reactive ketones (excluding diaryl/α,β-unsaturated/α-hetero) is 1. The summed E-state index contributed by atoms with van der Waals surface area (Å²) < 4.78 is 1.04. The van der Waals surface area contributed by atoms with Crippen LogP contribution in [0.15, 0.2) is 40.9 Å². The first-order valence-corrected chi connectivity index (χ1v) is 8.29. The van der Waals surface area contributed by atoms with Crippen molar-refractivity contribution in [2.24, 2.45) is 0 Å². The quantitative estimate of drug-likeness (QED) is 0.608. The highest BCUT2D eigenvalue weighted by atomic mass is 79.9. The van der Waals surface area contributed by atoms with Gasteiger partial charge in [0.15, 0.2) is 5.78 Å². The second kappa shape index (κ2) is 5.70. The van der Waals surface area contributed by atoms with Crippen LogP contribution in [-0.4, -0.2) is 10.8 Å². The van der Waals surface area contributed by atoms with E-state index in [1.165, 1.54) is 4.88 Å². The van der Waals surface area contributed by atoms with Gasteiger partial charge in [0.2, 0.25) is 0 Å². The summed E-state index contributed by atoms with van der Waals surface area (Å²) in [5.41, 5.74) is 1.77. The minimum absolute atomic E-state index is 0.119. The molecular formula is C17H14BrNOS. The fourth-order valence-corrected chi connectivity index (χ4v) is 3.56. The molecule has 4 heteroatoms. The van der Waals surface area contributed by atoms with Gasteiger partial charge in [-0.3, -0.25) is 4.79 Å². The number of aromatic nitrogens is 1. The molecule has 3 aromatic rings. The van der Waals surface area contributed by atoms with E-state index in [1.54, 1.807) is 11.3 Å². The fraction of sp³-hybridized carbons (Fsp3) is 0.176. The first-order valence-electron chi connectivity index (χ1n) is 6.68. The largest absolute Gasteiger partial charge is 0.294 e. The van der Waals surface area contributed by atoms with Crippen molar-refractivity contribution >= 4 is 43.8 Å². The van der Waals surface area contributed by atoms with Gasteiger partial charge in [-0.2, -0.15) is 0 Å². The van der Waals surface area contributed by atoms with Gasteiger partial charge in [-0.1, -0.05) is 34.1 Å². The summed E-state index contributed by atoms with van der Waals surface area (Å²) in [5.74, 6) is 0.119. The van der Waals surface area contributed by atoms with Crippen LogP contribution in [0.3, 0.4) is 0 Å². The molecule has 106 valence electrons. The molecule has 3 rings (SSSR count). The van der Waals surface area contributed by atoms with Gasteiger partial charge in [0.1, 0.15) is 5.01 Å². The standard InChI is InChI=1S/C17H14BrNOS/c1-10-11(2)21-17(19-10)9-16(20)14-4-3-13-8-15(18)6-5-12(13)7-14/h3-8H,9H2,1-2H3. The fourth-order valence-electron chi connectivity index (χ4n) is 2.24. The van der Waals surface area contributed by atoms with E-state index in [1.807, 2.05) is 44.2 Å². The molecule has 0 atom stereocenters. The molecule has 0 aliphatic heterocycles. The molecule has 0 saturated heterocycles. The van der Waals surface area contributed by atoms with Crippen LogP contribution in [0, 0.1) is 13.8 Å². The molecule has 0 bridgehead atoms. The first-order chi connectivity index (χ1) is 10.0.